The minimum absolute atomic E-state index is 0.0223. The number of fused-ring (bicyclic) bond motifs is 4. The fourth-order valence-corrected chi connectivity index (χ4v) is 7.09. The topological polar surface area (TPSA) is 68.3 Å². The summed E-state index contributed by atoms with van der Waals surface area (Å²) >= 11 is 0. The van der Waals surface area contributed by atoms with E-state index in [1.165, 1.54) is 5.56 Å². The molecule has 4 aliphatic heterocycles. The minimum atomic E-state index is -0.251. The zero-order chi connectivity index (χ0) is 20.8. The van der Waals surface area contributed by atoms with Crippen molar-refractivity contribution < 1.29 is 23.8 Å². The van der Waals surface area contributed by atoms with Crippen molar-refractivity contribution in [1.82, 2.24) is 4.90 Å². The Hall–Kier alpha value is -2.54. The second-order valence-electron chi connectivity index (χ2n) is 9.23. The quantitative estimate of drug-likeness (QED) is 0.659. The van der Waals surface area contributed by atoms with Gasteiger partial charge >= 0.3 is 5.97 Å². The molecular weight excluding hydrogens is 384 g/mol. The molecule has 30 heavy (non-hydrogen) atoms. The van der Waals surface area contributed by atoms with Crippen molar-refractivity contribution in [2.45, 2.75) is 37.3 Å². The largest absolute Gasteiger partial charge is 0.497 e. The van der Waals surface area contributed by atoms with Crippen LogP contribution in [0.1, 0.15) is 25.3 Å². The predicted octanol–water partition coefficient (Wildman–Crippen LogP) is 1.85. The van der Waals surface area contributed by atoms with Gasteiger partial charge in [-0.1, -0.05) is 6.07 Å². The summed E-state index contributed by atoms with van der Waals surface area (Å²) in [5, 5.41) is 0. The number of amides is 1. The van der Waals surface area contributed by atoms with Crippen molar-refractivity contribution in [3.63, 3.8) is 0 Å². The first-order valence-corrected chi connectivity index (χ1v) is 10.7. The van der Waals surface area contributed by atoms with Gasteiger partial charge in [0.1, 0.15) is 18.1 Å². The van der Waals surface area contributed by atoms with Crippen LogP contribution >= 0.6 is 0 Å². The number of hydrogen-bond donors (Lipinski definition) is 0. The maximum absolute atomic E-state index is 13.0. The lowest BCUT2D eigenvalue weighted by molar-refractivity contribution is -0.136. The number of nitrogens with zero attached hydrogens (tertiary/aromatic N) is 2. The second kappa shape index (κ2) is 6.00. The Morgan fingerprint density at radius 3 is 2.90 bits per heavy atom. The summed E-state index contributed by atoms with van der Waals surface area (Å²) in [5.74, 6) is 1.32. The highest BCUT2D eigenvalue weighted by Gasteiger charge is 2.67. The summed E-state index contributed by atoms with van der Waals surface area (Å²) < 4.78 is 16.9. The number of methoxy groups -OCH3 is 1. The van der Waals surface area contributed by atoms with Gasteiger partial charge in [-0.25, -0.2) is 4.79 Å². The summed E-state index contributed by atoms with van der Waals surface area (Å²) in [7, 11) is 3.81. The molecule has 5 aliphatic rings. The third kappa shape index (κ3) is 2.04. The number of benzene rings is 1. The lowest BCUT2D eigenvalue weighted by atomic mass is 9.56. The normalized spacial score (nSPS) is 36.4. The summed E-state index contributed by atoms with van der Waals surface area (Å²) in [4.78, 5) is 30.0. The third-order valence-corrected chi connectivity index (χ3v) is 8.19. The standard InChI is InChI=1S/C23H26N2O5/c1-12(26)25-17-8-13(28-3)4-5-16(17)23-6-7-24(2)19(23)9-14-15(21(23)25)10-29-18-11-30-22(27)20(14)18/h4-5,8,14-15,19,21H,6-7,9-11H2,1-3H3/t14-,15-,19-,21+,23-/m1/s1. The van der Waals surface area contributed by atoms with Crippen LogP contribution in [-0.2, 0) is 24.5 Å². The van der Waals surface area contributed by atoms with E-state index in [1.807, 2.05) is 17.0 Å². The molecule has 0 bridgehead atoms. The Labute approximate surface area is 175 Å². The first-order valence-electron chi connectivity index (χ1n) is 10.7. The van der Waals surface area contributed by atoms with Gasteiger partial charge in [-0.3, -0.25) is 4.79 Å². The zero-order valence-corrected chi connectivity index (χ0v) is 17.5. The Bertz CT molecular complexity index is 1000. The molecular formula is C23H26N2O5. The highest BCUT2D eigenvalue weighted by atomic mass is 16.6. The highest BCUT2D eigenvalue weighted by molar-refractivity contribution is 5.97. The molecule has 1 aliphatic carbocycles. The average Bonchev–Trinajstić information content (AvgIpc) is 3.38. The molecule has 1 saturated heterocycles. The number of rotatable bonds is 1. The number of likely N-dealkylation sites (N-methyl/N-ethyl adjacent to an activating group) is 1. The predicted molar refractivity (Wildman–Crippen MR) is 108 cm³/mol. The van der Waals surface area contributed by atoms with Crippen LogP contribution in [0.5, 0.6) is 5.75 Å². The smallest absolute Gasteiger partial charge is 0.338 e. The maximum Gasteiger partial charge on any atom is 0.338 e. The molecule has 1 aromatic carbocycles. The molecule has 0 unspecified atom stereocenters. The summed E-state index contributed by atoms with van der Waals surface area (Å²) in [6.07, 6.45) is 1.87. The SMILES string of the molecule is COc1ccc2c(c1)N(C(C)=O)[C@H]1[C@@H]3COC4=C(C(=O)OC4)[C@@H]3C[C@H]3N(C)CC[C@]213. The first-order chi connectivity index (χ1) is 14.5. The van der Waals surface area contributed by atoms with Crippen LogP contribution in [0, 0.1) is 11.8 Å². The van der Waals surface area contributed by atoms with Gasteiger partial charge in [0.2, 0.25) is 5.91 Å². The number of esters is 1. The van der Waals surface area contributed by atoms with Crippen molar-refractivity contribution in [2.75, 3.05) is 38.8 Å². The molecule has 0 aromatic heterocycles. The van der Waals surface area contributed by atoms with Crippen molar-refractivity contribution in [3.05, 3.63) is 35.1 Å². The zero-order valence-electron chi connectivity index (χ0n) is 17.5. The van der Waals surface area contributed by atoms with Crippen LogP contribution in [0.4, 0.5) is 5.69 Å². The fraction of sp³-hybridized carbons (Fsp3) is 0.565. The molecule has 5 atom stereocenters. The lowest BCUT2D eigenvalue weighted by Gasteiger charge is -2.53. The summed E-state index contributed by atoms with van der Waals surface area (Å²) in [5.41, 5.74) is 2.72. The number of cyclic esters (lactones) is 1. The van der Waals surface area contributed by atoms with Crippen LogP contribution in [0.25, 0.3) is 0 Å². The molecule has 1 aromatic rings. The van der Waals surface area contributed by atoms with E-state index in [2.05, 4.69) is 18.0 Å². The van der Waals surface area contributed by atoms with E-state index in [-0.39, 0.29) is 47.8 Å². The van der Waals surface area contributed by atoms with Gasteiger partial charge in [0.05, 0.1) is 31.0 Å². The number of carbonyl (C=O) groups excluding carboxylic acids is 2. The van der Waals surface area contributed by atoms with E-state index in [9.17, 15) is 9.59 Å². The van der Waals surface area contributed by atoms with Crippen LogP contribution < -0.4 is 9.64 Å². The van der Waals surface area contributed by atoms with Gasteiger partial charge in [-0.05, 0) is 38.1 Å². The van der Waals surface area contributed by atoms with E-state index in [4.69, 9.17) is 14.2 Å². The molecule has 2 fully saturated rings. The molecule has 0 N–H and O–H groups in total. The van der Waals surface area contributed by atoms with E-state index in [1.54, 1.807) is 14.0 Å². The molecule has 6 rings (SSSR count). The molecule has 1 amide bonds. The highest BCUT2D eigenvalue weighted by Crippen LogP contribution is 2.62. The van der Waals surface area contributed by atoms with E-state index >= 15 is 0 Å². The molecule has 4 heterocycles. The van der Waals surface area contributed by atoms with Crippen LogP contribution in [0.3, 0.4) is 0 Å². The van der Waals surface area contributed by atoms with Crippen molar-refractivity contribution in [1.29, 1.82) is 0 Å². The first kappa shape index (κ1) is 18.2. The van der Waals surface area contributed by atoms with Gasteiger partial charge in [0.25, 0.3) is 0 Å². The van der Waals surface area contributed by atoms with E-state index in [0.29, 0.717) is 17.9 Å². The van der Waals surface area contributed by atoms with Crippen molar-refractivity contribution in [3.8, 4) is 5.75 Å². The van der Waals surface area contributed by atoms with Gasteiger partial charge in [-0.2, -0.15) is 0 Å². The lowest BCUT2D eigenvalue weighted by Crippen LogP contribution is -2.63. The van der Waals surface area contributed by atoms with Crippen LogP contribution in [0.2, 0.25) is 0 Å². The average molecular weight is 410 g/mol. The second-order valence-corrected chi connectivity index (χ2v) is 9.23. The fourth-order valence-electron chi connectivity index (χ4n) is 7.09. The third-order valence-electron chi connectivity index (χ3n) is 8.19. The number of likely N-dealkylation sites (tertiary alicyclic amines) is 1. The number of hydrogen-bond acceptors (Lipinski definition) is 6. The van der Waals surface area contributed by atoms with E-state index < -0.39 is 0 Å². The molecule has 1 spiro atoms. The maximum atomic E-state index is 13.0. The molecule has 7 nitrogen and oxygen atoms in total. The van der Waals surface area contributed by atoms with Gasteiger partial charge in [-0.15, -0.1) is 0 Å². The Balaban J connectivity index is 1.57. The van der Waals surface area contributed by atoms with E-state index in [0.717, 1.165) is 30.8 Å². The molecule has 1 saturated carbocycles. The van der Waals surface area contributed by atoms with Gasteiger partial charge in [0, 0.05) is 36.3 Å². The Kier molecular flexibility index (Phi) is 3.65. The van der Waals surface area contributed by atoms with Gasteiger partial charge < -0.3 is 24.0 Å². The van der Waals surface area contributed by atoms with Crippen LogP contribution in [-0.4, -0.2) is 62.8 Å². The van der Waals surface area contributed by atoms with Gasteiger partial charge in [0.15, 0.2) is 0 Å². The Morgan fingerprint density at radius 1 is 1.30 bits per heavy atom. The van der Waals surface area contributed by atoms with Crippen molar-refractivity contribution >= 4 is 17.6 Å². The number of ether oxygens (including phenoxy) is 3. The summed E-state index contributed by atoms with van der Waals surface area (Å²) in [6, 6.07) is 6.34. The molecule has 7 heteroatoms. The van der Waals surface area contributed by atoms with Crippen LogP contribution in [0.15, 0.2) is 29.5 Å². The monoisotopic (exact) mass is 410 g/mol. The molecule has 0 radical (unpaired) electrons. The number of anilines is 1. The molecule has 158 valence electrons. The summed E-state index contributed by atoms with van der Waals surface area (Å²) in [6.45, 7) is 3.35. The number of carbonyl (C=O) groups is 2. The van der Waals surface area contributed by atoms with Crippen molar-refractivity contribution in [2.24, 2.45) is 11.8 Å². The Morgan fingerprint density at radius 2 is 2.13 bits per heavy atom. The minimum Gasteiger partial charge on any atom is -0.497 e.